The minimum Gasteiger partial charge on any atom is -0.343 e. The highest BCUT2D eigenvalue weighted by molar-refractivity contribution is 5.80. The minimum absolute atomic E-state index is 0.127. The number of carbonyl (C=O) groups excluding carboxylic acids is 1. The van der Waals surface area contributed by atoms with Gasteiger partial charge in [0.15, 0.2) is 0 Å². The first kappa shape index (κ1) is 21.3. The first-order chi connectivity index (χ1) is 16.0. The number of carbonyl (C=O) groups is 1. The van der Waals surface area contributed by atoms with Crippen molar-refractivity contribution in [3.05, 3.63) is 76.1 Å². The third-order valence-electron chi connectivity index (χ3n) is 6.53. The van der Waals surface area contributed by atoms with Gasteiger partial charge in [-0.15, -0.1) is 10.2 Å². The van der Waals surface area contributed by atoms with Crippen molar-refractivity contribution < 1.29 is 9.18 Å². The largest absolute Gasteiger partial charge is 0.343 e. The molecule has 1 amide bonds. The molecule has 1 aliphatic heterocycles. The van der Waals surface area contributed by atoms with Gasteiger partial charge in [-0.2, -0.15) is 0 Å². The van der Waals surface area contributed by atoms with Crippen LogP contribution in [0.4, 0.5) is 4.39 Å². The summed E-state index contributed by atoms with van der Waals surface area (Å²) in [5.74, 6) is 1.53. The number of nitrogens with zero attached hydrogens (tertiary/aromatic N) is 5. The van der Waals surface area contributed by atoms with Crippen LogP contribution in [0.2, 0.25) is 0 Å². The molecule has 0 bridgehead atoms. The maximum absolute atomic E-state index is 13.3. The highest BCUT2D eigenvalue weighted by Gasteiger charge is 2.22. The van der Waals surface area contributed by atoms with E-state index in [0.717, 1.165) is 31.5 Å². The molecule has 3 heterocycles. The summed E-state index contributed by atoms with van der Waals surface area (Å²) in [6.45, 7) is 4.08. The average molecular weight is 448 g/mol. The number of aromatic nitrogens is 4. The van der Waals surface area contributed by atoms with Gasteiger partial charge >= 0.3 is 0 Å². The molecule has 2 aromatic heterocycles. The third kappa shape index (κ3) is 4.13. The second-order valence-corrected chi connectivity index (χ2v) is 8.85. The molecule has 8 heteroatoms. The lowest BCUT2D eigenvalue weighted by molar-refractivity contribution is -0.132. The van der Waals surface area contributed by atoms with E-state index in [9.17, 15) is 14.0 Å². The van der Waals surface area contributed by atoms with E-state index in [1.807, 2.05) is 27.5 Å². The van der Waals surface area contributed by atoms with Gasteiger partial charge in [-0.25, -0.2) is 4.39 Å². The predicted octanol–water partition coefficient (Wildman–Crippen LogP) is 3.42. The average Bonchev–Trinajstić information content (AvgIpc) is 3.26. The van der Waals surface area contributed by atoms with Gasteiger partial charge in [-0.3, -0.25) is 18.6 Å². The molecule has 1 saturated heterocycles. The Labute approximate surface area is 190 Å². The number of rotatable bonds is 5. The lowest BCUT2D eigenvalue weighted by atomic mass is 9.99. The number of piperidine rings is 1. The zero-order valence-electron chi connectivity index (χ0n) is 18.6. The molecule has 0 spiro atoms. The molecule has 2 aromatic carbocycles. The number of fused-ring (bicyclic) bond motifs is 3. The summed E-state index contributed by atoms with van der Waals surface area (Å²) >= 11 is 0. The van der Waals surface area contributed by atoms with Crippen molar-refractivity contribution in [1.82, 2.24) is 24.1 Å². The Morgan fingerprint density at radius 1 is 1.06 bits per heavy atom. The maximum atomic E-state index is 13.3. The van der Waals surface area contributed by atoms with Crippen LogP contribution in [0.5, 0.6) is 0 Å². The molecule has 0 unspecified atom stereocenters. The highest BCUT2D eigenvalue weighted by Crippen LogP contribution is 2.19. The summed E-state index contributed by atoms with van der Waals surface area (Å²) < 4.78 is 16.8. The molecule has 0 atom stereocenters. The Morgan fingerprint density at radius 2 is 1.79 bits per heavy atom. The van der Waals surface area contributed by atoms with Crippen LogP contribution in [0.1, 0.15) is 37.6 Å². The standard InChI is InChI=1S/C25H26FN5O2/c1-17-12-14-29(15-13-17)23(32)11-10-22-27-28-25-30(16-18-6-8-19(26)9-7-18)24(33)20-4-2-3-5-21(20)31(22)25/h2-9,17H,10-16H2,1H3. The molecule has 0 saturated carbocycles. The van der Waals surface area contributed by atoms with Crippen LogP contribution in [-0.4, -0.2) is 43.1 Å². The fraction of sp³-hybridized carbons (Fsp3) is 0.360. The molecular weight excluding hydrogens is 421 g/mol. The quantitative estimate of drug-likeness (QED) is 0.470. The van der Waals surface area contributed by atoms with Gasteiger partial charge in [0.05, 0.1) is 17.4 Å². The molecule has 1 aliphatic rings. The minimum atomic E-state index is -0.327. The van der Waals surface area contributed by atoms with Gasteiger partial charge in [0, 0.05) is 25.9 Å². The monoisotopic (exact) mass is 447 g/mol. The summed E-state index contributed by atoms with van der Waals surface area (Å²) in [4.78, 5) is 28.0. The van der Waals surface area contributed by atoms with Crippen LogP contribution < -0.4 is 5.56 Å². The Hall–Kier alpha value is -3.55. The highest BCUT2D eigenvalue weighted by atomic mass is 19.1. The van der Waals surface area contributed by atoms with Crippen LogP contribution in [0, 0.1) is 11.7 Å². The SMILES string of the molecule is CC1CCN(C(=O)CCc2nnc3n(Cc4ccc(F)cc4)c(=O)c4ccccc4n23)CC1. The van der Waals surface area contributed by atoms with Crippen molar-refractivity contribution in [1.29, 1.82) is 0 Å². The van der Waals surface area contributed by atoms with Crippen molar-refractivity contribution in [2.24, 2.45) is 5.92 Å². The van der Waals surface area contributed by atoms with Crippen molar-refractivity contribution in [2.75, 3.05) is 13.1 Å². The molecule has 4 aromatic rings. The van der Waals surface area contributed by atoms with Crippen molar-refractivity contribution >= 4 is 22.6 Å². The van der Waals surface area contributed by atoms with Gasteiger partial charge in [-0.1, -0.05) is 31.2 Å². The van der Waals surface area contributed by atoms with Gasteiger partial charge in [0.25, 0.3) is 5.56 Å². The van der Waals surface area contributed by atoms with Gasteiger partial charge < -0.3 is 4.90 Å². The van der Waals surface area contributed by atoms with Gasteiger partial charge in [-0.05, 0) is 48.6 Å². The normalized spacial score (nSPS) is 14.9. The molecule has 0 N–H and O–H groups in total. The van der Waals surface area contributed by atoms with Gasteiger partial charge in [0.2, 0.25) is 11.7 Å². The van der Waals surface area contributed by atoms with Gasteiger partial charge in [0.1, 0.15) is 11.6 Å². The van der Waals surface area contributed by atoms with E-state index < -0.39 is 0 Å². The fourth-order valence-corrected chi connectivity index (χ4v) is 4.53. The lowest BCUT2D eigenvalue weighted by Crippen LogP contribution is -2.38. The molecule has 170 valence electrons. The molecule has 7 nitrogen and oxygen atoms in total. The molecule has 0 radical (unpaired) electrons. The second-order valence-electron chi connectivity index (χ2n) is 8.85. The summed E-state index contributed by atoms with van der Waals surface area (Å²) in [6, 6.07) is 13.4. The predicted molar refractivity (Wildman–Crippen MR) is 124 cm³/mol. The zero-order chi connectivity index (χ0) is 22.9. The number of hydrogen-bond donors (Lipinski definition) is 0. The molecule has 33 heavy (non-hydrogen) atoms. The topological polar surface area (TPSA) is 72.5 Å². The summed E-state index contributed by atoms with van der Waals surface area (Å²) in [7, 11) is 0. The summed E-state index contributed by atoms with van der Waals surface area (Å²) in [5.41, 5.74) is 1.32. The molecule has 1 fully saturated rings. The van der Waals surface area contributed by atoms with E-state index in [4.69, 9.17) is 0 Å². The number of aryl methyl sites for hydroxylation is 1. The molecule has 5 rings (SSSR count). The van der Waals surface area contributed by atoms with Crippen LogP contribution in [-0.2, 0) is 17.8 Å². The Morgan fingerprint density at radius 3 is 2.55 bits per heavy atom. The fourth-order valence-electron chi connectivity index (χ4n) is 4.53. The number of benzene rings is 2. The number of amides is 1. The molecular formula is C25H26FN5O2. The Balaban J connectivity index is 1.50. The van der Waals surface area contributed by atoms with E-state index >= 15 is 0 Å². The number of likely N-dealkylation sites (tertiary alicyclic amines) is 1. The summed E-state index contributed by atoms with van der Waals surface area (Å²) in [6.07, 6.45) is 2.87. The zero-order valence-corrected chi connectivity index (χ0v) is 18.6. The van der Waals surface area contributed by atoms with E-state index in [0.29, 0.717) is 41.3 Å². The van der Waals surface area contributed by atoms with Crippen molar-refractivity contribution in [3.63, 3.8) is 0 Å². The summed E-state index contributed by atoms with van der Waals surface area (Å²) in [5, 5.41) is 9.22. The lowest BCUT2D eigenvalue weighted by Gasteiger charge is -2.30. The van der Waals surface area contributed by atoms with Crippen LogP contribution in [0.25, 0.3) is 16.7 Å². The van der Waals surface area contributed by atoms with E-state index in [2.05, 4.69) is 17.1 Å². The van der Waals surface area contributed by atoms with E-state index in [1.54, 1.807) is 22.8 Å². The molecule has 0 aliphatic carbocycles. The first-order valence-corrected chi connectivity index (χ1v) is 11.4. The third-order valence-corrected chi connectivity index (χ3v) is 6.53. The Kier molecular flexibility index (Phi) is 5.66. The first-order valence-electron chi connectivity index (χ1n) is 11.4. The number of para-hydroxylation sites is 1. The van der Waals surface area contributed by atoms with Crippen LogP contribution >= 0.6 is 0 Å². The number of halogens is 1. The second kappa shape index (κ2) is 8.77. The van der Waals surface area contributed by atoms with E-state index in [1.165, 1.54) is 12.1 Å². The number of hydrogen-bond acceptors (Lipinski definition) is 4. The Bertz CT molecular complexity index is 1370. The smallest absolute Gasteiger partial charge is 0.263 e. The van der Waals surface area contributed by atoms with Crippen molar-refractivity contribution in [3.8, 4) is 0 Å². The maximum Gasteiger partial charge on any atom is 0.263 e. The van der Waals surface area contributed by atoms with Crippen LogP contribution in [0.3, 0.4) is 0 Å². The van der Waals surface area contributed by atoms with Crippen LogP contribution in [0.15, 0.2) is 53.3 Å². The van der Waals surface area contributed by atoms with E-state index in [-0.39, 0.29) is 23.8 Å². The van der Waals surface area contributed by atoms with Crippen molar-refractivity contribution in [2.45, 2.75) is 39.2 Å².